The Bertz CT molecular complexity index is 3150. The highest BCUT2D eigenvalue weighted by Crippen LogP contribution is 2.47. The summed E-state index contributed by atoms with van der Waals surface area (Å²) in [5.41, 5.74) is 8.19. The zero-order chi connectivity index (χ0) is 32.8. The Hall–Kier alpha value is -6.50. The minimum absolute atomic E-state index is 0.800. The molecule has 0 saturated heterocycles. The van der Waals surface area contributed by atoms with Crippen molar-refractivity contribution in [2.75, 3.05) is 0 Å². The molecule has 11 aromatic rings. The molecule has 0 aliphatic carbocycles. The monoisotopic (exact) mass is 655 g/mol. The highest BCUT2D eigenvalue weighted by atomic mass is 32.1. The topological polar surface area (TPSA) is 56.5 Å². The third-order valence-electron chi connectivity index (χ3n) is 9.97. The largest absolute Gasteiger partial charge is 0.277 e. The van der Waals surface area contributed by atoms with Gasteiger partial charge in [0.1, 0.15) is 11.5 Å². The van der Waals surface area contributed by atoms with Crippen LogP contribution in [-0.2, 0) is 0 Å². The van der Waals surface area contributed by atoms with E-state index in [4.69, 9.17) is 15.0 Å². The summed E-state index contributed by atoms with van der Waals surface area (Å²) in [5, 5.41) is 9.08. The van der Waals surface area contributed by atoms with Crippen molar-refractivity contribution in [3.05, 3.63) is 152 Å². The lowest BCUT2D eigenvalue weighted by molar-refractivity contribution is 1.08. The Balaban J connectivity index is 1.36. The molecule has 0 aliphatic heterocycles. The molecular formula is C44H25N5S. The molecule has 0 unspecified atom stereocenters. The van der Waals surface area contributed by atoms with Crippen LogP contribution in [-0.4, -0.2) is 24.5 Å². The van der Waals surface area contributed by atoms with Gasteiger partial charge in [0, 0.05) is 77.3 Å². The summed E-state index contributed by atoms with van der Waals surface area (Å²) >= 11 is 1.83. The smallest absolute Gasteiger partial charge is 0.146 e. The fraction of sp³-hybridized carbons (Fsp3) is 0. The average Bonchev–Trinajstić information content (AvgIpc) is 3.75. The molecule has 0 bridgehead atoms. The quantitative estimate of drug-likeness (QED) is 0.178. The van der Waals surface area contributed by atoms with E-state index in [1.807, 2.05) is 42.2 Å². The molecule has 50 heavy (non-hydrogen) atoms. The van der Waals surface area contributed by atoms with Crippen LogP contribution in [0.1, 0.15) is 0 Å². The molecule has 0 spiro atoms. The van der Waals surface area contributed by atoms with Crippen LogP contribution < -0.4 is 0 Å². The Labute approximate surface area is 289 Å². The van der Waals surface area contributed by atoms with Gasteiger partial charge in [0.2, 0.25) is 0 Å². The van der Waals surface area contributed by atoms with Gasteiger partial charge in [0.25, 0.3) is 0 Å². The third-order valence-corrected chi connectivity index (χ3v) is 11.2. The molecule has 5 nitrogen and oxygen atoms in total. The average molecular weight is 656 g/mol. The summed E-state index contributed by atoms with van der Waals surface area (Å²) in [6.45, 7) is 0. The number of rotatable bonds is 3. The zero-order valence-electron chi connectivity index (χ0n) is 26.6. The van der Waals surface area contributed by atoms with Crippen molar-refractivity contribution in [1.29, 1.82) is 0 Å². The number of pyridine rings is 4. The highest BCUT2D eigenvalue weighted by molar-refractivity contribution is 7.27. The number of hydrogen-bond acceptors (Lipinski definition) is 5. The number of thiophene rings is 1. The van der Waals surface area contributed by atoms with E-state index in [1.165, 1.54) is 25.6 Å². The van der Waals surface area contributed by atoms with Crippen molar-refractivity contribution in [1.82, 2.24) is 24.5 Å². The Kier molecular flexibility index (Phi) is 5.76. The van der Waals surface area contributed by atoms with Crippen LogP contribution in [0.25, 0.3) is 103 Å². The SMILES string of the molecule is c1ccc(-c2ccnc3c2ccc2c(-c4ccccc4)cc(-n4c5ncccc5c5c6cnccc6c6sc7ccccc7c6c54)nc23)cc1. The first-order valence-electron chi connectivity index (χ1n) is 16.6. The standard InChI is InChI=1S/C44H25N5S/c1-3-10-26(11-4-1)28-20-23-46-40-29(28)17-18-30-34(27-12-5-2-6-13-27)24-37(48-41(30)40)49-42-38(33-15-9-21-47-44(33)49)35-25-45-22-19-31(35)43-39(42)32-14-7-8-16-36(32)50-43/h1-25H. The third kappa shape index (κ3) is 3.82. The molecular weight excluding hydrogens is 631 g/mol. The summed E-state index contributed by atoms with van der Waals surface area (Å²) in [6.07, 6.45) is 7.68. The van der Waals surface area contributed by atoms with Crippen LogP contribution in [0.2, 0.25) is 0 Å². The Morgan fingerprint density at radius 3 is 2.08 bits per heavy atom. The van der Waals surface area contributed by atoms with Gasteiger partial charge in [-0.1, -0.05) is 91.0 Å². The van der Waals surface area contributed by atoms with Gasteiger partial charge in [-0.05, 0) is 58.7 Å². The maximum absolute atomic E-state index is 5.57. The van der Waals surface area contributed by atoms with Gasteiger partial charge in [-0.25, -0.2) is 9.97 Å². The Morgan fingerprint density at radius 2 is 1.24 bits per heavy atom. The van der Waals surface area contributed by atoms with Crippen molar-refractivity contribution in [2.45, 2.75) is 0 Å². The van der Waals surface area contributed by atoms with E-state index in [2.05, 4.69) is 131 Å². The minimum atomic E-state index is 0.800. The Morgan fingerprint density at radius 1 is 0.500 bits per heavy atom. The van der Waals surface area contributed by atoms with E-state index in [1.54, 1.807) is 0 Å². The van der Waals surface area contributed by atoms with Crippen molar-refractivity contribution in [2.24, 2.45) is 0 Å². The van der Waals surface area contributed by atoms with Crippen LogP contribution in [0.5, 0.6) is 0 Å². The van der Waals surface area contributed by atoms with E-state index in [0.29, 0.717) is 0 Å². The molecule has 0 fully saturated rings. The van der Waals surface area contributed by atoms with Crippen molar-refractivity contribution in [3.8, 4) is 28.1 Å². The van der Waals surface area contributed by atoms with Crippen LogP contribution in [0.3, 0.4) is 0 Å². The first kappa shape index (κ1) is 27.5. The second-order valence-corrected chi connectivity index (χ2v) is 13.7. The summed E-state index contributed by atoms with van der Waals surface area (Å²) in [4.78, 5) is 20.3. The second-order valence-electron chi connectivity index (χ2n) is 12.6. The zero-order valence-corrected chi connectivity index (χ0v) is 27.4. The number of fused-ring (bicyclic) bond motifs is 13. The molecule has 6 aromatic heterocycles. The van der Waals surface area contributed by atoms with Crippen LogP contribution in [0.4, 0.5) is 0 Å². The first-order valence-corrected chi connectivity index (χ1v) is 17.4. The van der Waals surface area contributed by atoms with E-state index >= 15 is 0 Å². The molecule has 6 heteroatoms. The summed E-state index contributed by atoms with van der Waals surface area (Å²) in [5.74, 6) is 0.800. The molecule has 0 saturated carbocycles. The number of aromatic nitrogens is 5. The maximum atomic E-state index is 5.57. The fourth-order valence-corrected chi connectivity index (χ4v) is 9.08. The van der Waals surface area contributed by atoms with Gasteiger partial charge in [-0.15, -0.1) is 11.3 Å². The maximum Gasteiger partial charge on any atom is 0.146 e. The first-order chi connectivity index (χ1) is 24.8. The van der Waals surface area contributed by atoms with Crippen molar-refractivity contribution < 1.29 is 0 Å². The number of nitrogens with zero attached hydrogens (tertiary/aromatic N) is 5. The van der Waals surface area contributed by atoms with Gasteiger partial charge in [0.05, 0.1) is 16.6 Å². The molecule has 0 aliphatic rings. The van der Waals surface area contributed by atoms with Gasteiger partial charge >= 0.3 is 0 Å². The van der Waals surface area contributed by atoms with Gasteiger partial charge in [-0.3, -0.25) is 14.5 Å². The lowest BCUT2D eigenvalue weighted by Crippen LogP contribution is -2.01. The van der Waals surface area contributed by atoms with Crippen LogP contribution in [0, 0.1) is 0 Å². The van der Waals surface area contributed by atoms with E-state index in [9.17, 15) is 0 Å². The van der Waals surface area contributed by atoms with Gasteiger partial charge in [0.15, 0.2) is 0 Å². The van der Waals surface area contributed by atoms with E-state index in [0.717, 1.165) is 77.2 Å². The molecule has 0 atom stereocenters. The fourth-order valence-electron chi connectivity index (χ4n) is 7.84. The predicted molar refractivity (Wildman–Crippen MR) is 208 cm³/mol. The molecule has 0 N–H and O–H groups in total. The molecule has 11 rings (SSSR count). The summed E-state index contributed by atoms with van der Waals surface area (Å²) in [6, 6.07) is 44.9. The van der Waals surface area contributed by atoms with Gasteiger partial charge < -0.3 is 0 Å². The molecule has 0 radical (unpaired) electrons. The van der Waals surface area contributed by atoms with E-state index in [-0.39, 0.29) is 0 Å². The lowest BCUT2D eigenvalue weighted by atomic mass is 9.96. The van der Waals surface area contributed by atoms with E-state index < -0.39 is 0 Å². The molecule has 6 heterocycles. The predicted octanol–water partition coefficient (Wildman–Crippen LogP) is 11.5. The van der Waals surface area contributed by atoms with Crippen LogP contribution in [0.15, 0.2) is 152 Å². The number of benzene rings is 5. The summed E-state index contributed by atoms with van der Waals surface area (Å²) < 4.78 is 4.77. The highest BCUT2D eigenvalue weighted by Gasteiger charge is 2.24. The minimum Gasteiger partial charge on any atom is -0.277 e. The van der Waals surface area contributed by atoms with Crippen LogP contribution >= 0.6 is 11.3 Å². The number of hydrogen-bond donors (Lipinski definition) is 0. The molecule has 232 valence electrons. The van der Waals surface area contributed by atoms with Gasteiger partial charge in [-0.2, -0.15) is 0 Å². The van der Waals surface area contributed by atoms with Crippen molar-refractivity contribution >= 4 is 86.0 Å². The second kappa shape index (κ2) is 10.5. The lowest BCUT2D eigenvalue weighted by Gasteiger charge is -2.15. The molecule has 0 amide bonds. The molecule has 5 aromatic carbocycles. The van der Waals surface area contributed by atoms with Crippen molar-refractivity contribution in [3.63, 3.8) is 0 Å². The normalized spacial score (nSPS) is 12.0. The summed E-state index contributed by atoms with van der Waals surface area (Å²) in [7, 11) is 0.